The van der Waals surface area contributed by atoms with Gasteiger partial charge in [-0.25, -0.2) is 14.4 Å². The highest BCUT2D eigenvalue weighted by atomic mass is 35.5. The van der Waals surface area contributed by atoms with E-state index in [1.54, 1.807) is 6.07 Å². The molecule has 1 atom stereocenters. The summed E-state index contributed by atoms with van der Waals surface area (Å²) in [6.07, 6.45) is 4.87. The number of halogens is 3. The molecule has 1 unspecified atom stereocenters. The molecule has 6 nitrogen and oxygen atoms in total. The lowest BCUT2D eigenvalue weighted by Crippen LogP contribution is -2.28. The summed E-state index contributed by atoms with van der Waals surface area (Å²) in [5.41, 5.74) is 6.79. The molecule has 4 rings (SSSR count). The van der Waals surface area contributed by atoms with Gasteiger partial charge in [0, 0.05) is 15.6 Å². The van der Waals surface area contributed by atoms with Crippen molar-refractivity contribution in [2.24, 2.45) is 5.73 Å². The molecule has 0 saturated heterocycles. The van der Waals surface area contributed by atoms with Gasteiger partial charge >= 0.3 is 0 Å². The third-order valence-corrected chi connectivity index (χ3v) is 5.67. The first kappa shape index (κ1) is 23.0. The van der Waals surface area contributed by atoms with Crippen molar-refractivity contribution in [3.8, 4) is 11.5 Å². The van der Waals surface area contributed by atoms with Crippen molar-refractivity contribution in [3.63, 3.8) is 0 Å². The molecule has 3 N–H and O–H groups in total. The van der Waals surface area contributed by atoms with Crippen LogP contribution in [0.25, 0.3) is 6.08 Å². The van der Waals surface area contributed by atoms with Crippen LogP contribution in [-0.4, -0.2) is 22.4 Å². The number of nitrogens with one attached hydrogen (secondary N) is 1. The Balaban J connectivity index is 1.53. The molecule has 3 aromatic rings. The van der Waals surface area contributed by atoms with Crippen LogP contribution in [0.2, 0.25) is 10.0 Å². The molecular formula is C24H21Cl2FN4O2. The molecule has 170 valence electrons. The zero-order chi connectivity index (χ0) is 23.4. The Morgan fingerprint density at radius 3 is 2.82 bits per heavy atom. The molecular weight excluding hydrogens is 466 g/mol. The summed E-state index contributed by atoms with van der Waals surface area (Å²) in [7, 11) is 0. The maximum atomic E-state index is 14.7. The van der Waals surface area contributed by atoms with E-state index in [-0.39, 0.29) is 34.4 Å². The van der Waals surface area contributed by atoms with E-state index in [1.807, 2.05) is 18.2 Å². The molecule has 1 saturated carbocycles. The second-order valence-electron chi connectivity index (χ2n) is 7.59. The Labute approximate surface area is 200 Å². The molecule has 2 aromatic carbocycles. The number of hydrogen-bond donors (Lipinski definition) is 2. The normalized spacial score (nSPS) is 14.3. The maximum absolute atomic E-state index is 14.7. The summed E-state index contributed by atoms with van der Waals surface area (Å²) in [4.78, 5) is 21.3. The third-order valence-electron chi connectivity index (χ3n) is 5.11. The van der Waals surface area contributed by atoms with Crippen molar-refractivity contribution in [3.05, 3.63) is 87.6 Å². The minimum Gasteiger partial charge on any atom is -0.453 e. The standard InChI is InChI=1S/C24H21Cl2FN4O2/c25-16-6-7-18(19(26)11-16)20(27)12-30-24(32)23-21(13-29-22(31-23)8-9-28)33-17-3-1-2-15(10-17)14-4-5-14/h1-3,6-11,13-14,20H,4-5,12,28H2,(H,30,32)/b9-8-. The first-order chi connectivity index (χ1) is 15.9. The van der Waals surface area contributed by atoms with Crippen LogP contribution in [0.1, 0.15) is 52.4 Å². The second kappa shape index (κ2) is 10.2. The minimum atomic E-state index is -1.54. The highest BCUT2D eigenvalue weighted by Crippen LogP contribution is 2.41. The van der Waals surface area contributed by atoms with Gasteiger partial charge in [-0.2, -0.15) is 0 Å². The van der Waals surface area contributed by atoms with E-state index in [2.05, 4.69) is 15.3 Å². The summed E-state index contributed by atoms with van der Waals surface area (Å²) in [5.74, 6) is 0.861. The quantitative estimate of drug-likeness (QED) is 0.418. The number of aromatic nitrogens is 2. The average Bonchev–Trinajstić information content (AvgIpc) is 3.64. The minimum absolute atomic E-state index is 0.0377. The van der Waals surface area contributed by atoms with E-state index in [1.165, 1.54) is 42.2 Å². The van der Waals surface area contributed by atoms with Crippen molar-refractivity contribution in [2.75, 3.05) is 6.54 Å². The van der Waals surface area contributed by atoms with Gasteiger partial charge in [-0.05, 0) is 60.9 Å². The third kappa shape index (κ3) is 5.80. The van der Waals surface area contributed by atoms with Crippen LogP contribution in [-0.2, 0) is 0 Å². The molecule has 0 aliphatic heterocycles. The van der Waals surface area contributed by atoms with Crippen LogP contribution in [0.5, 0.6) is 11.5 Å². The summed E-state index contributed by atoms with van der Waals surface area (Å²) >= 11 is 11.9. The molecule has 1 amide bonds. The van der Waals surface area contributed by atoms with Gasteiger partial charge in [0.15, 0.2) is 17.3 Å². The van der Waals surface area contributed by atoms with Crippen molar-refractivity contribution in [1.82, 2.24) is 15.3 Å². The van der Waals surface area contributed by atoms with E-state index in [0.717, 1.165) is 12.8 Å². The first-order valence-corrected chi connectivity index (χ1v) is 11.1. The Bertz CT molecular complexity index is 1200. The molecule has 0 radical (unpaired) electrons. The number of hydrogen-bond acceptors (Lipinski definition) is 5. The number of carbonyl (C=O) groups is 1. The van der Waals surface area contributed by atoms with Crippen molar-refractivity contribution >= 4 is 35.2 Å². The van der Waals surface area contributed by atoms with E-state index < -0.39 is 12.1 Å². The van der Waals surface area contributed by atoms with Crippen molar-refractivity contribution < 1.29 is 13.9 Å². The molecule has 1 heterocycles. The van der Waals surface area contributed by atoms with Gasteiger partial charge in [0.05, 0.1) is 12.7 Å². The molecule has 0 bridgehead atoms. The molecule has 1 aliphatic carbocycles. The fourth-order valence-corrected chi connectivity index (χ4v) is 3.82. The molecule has 1 aliphatic rings. The summed E-state index contributed by atoms with van der Waals surface area (Å²) in [6, 6.07) is 12.1. The molecule has 0 spiro atoms. The topological polar surface area (TPSA) is 90.1 Å². The number of alkyl halides is 1. The van der Waals surface area contributed by atoms with Gasteiger partial charge < -0.3 is 15.8 Å². The highest BCUT2D eigenvalue weighted by Gasteiger charge is 2.24. The summed E-state index contributed by atoms with van der Waals surface area (Å²) < 4.78 is 20.7. The molecule has 33 heavy (non-hydrogen) atoms. The Hall–Kier alpha value is -3.16. The number of rotatable bonds is 8. The predicted molar refractivity (Wildman–Crippen MR) is 126 cm³/mol. The predicted octanol–water partition coefficient (Wildman–Crippen LogP) is 5.82. The van der Waals surface area contributed by atoms with Gasteiger partial charge in [-0.1, -0.05) is 41.4 Å². The lowest BCUT2D eigenvalue weighted by atomic mass is 10.1. The van der Waals surface area contributed by atoms with Crippen LogP contribution in [0.4, 0.5) is 4.39 Å². The number of benzene rings is 2. The van der Waals surface area contributed by atoms with Crippen LogP contribution in [0.15, 0.2) is 54.9 Å². The van der Waals surface area contributed by atoms with E-state index in [4.69, 9.17) is 33.7 Å². The molecule has 1 aromatic heterocycles. The van der Waals surface area contributed by atoms with E-state index in [9.17, 15) is 9.18 Å². The first-order valence-electron chi connectivity index (χ1n) is 10.3. The van der Waals surface area contributed by atoms with Crippen molar-refractivity contribution in [2.45, 2.75) is 24.9 Å². The zero-order valence-electron chi connectivity index (χ0n) is 17.5. The lowest BCUT2D eigenvalue weighted by molar-refractivity contribution is 0.0934. The SMILES string of the molecule is N/C=C\c1ncc(Oc2cccc(C3CC3)c2)c(C(=O)NCC(F)c2ccc(Cl)cc2Cl)n1. The average molecular weight is 487 g/mol. The summed E-state index contributed by atoms with van der Waals surface area (Å²) in [5, 5.41) is 3.12. The molecule has 1 fully saturated rings. The second-order valence-corrected chi connectivity index (χ2v) is 8.44. The largest absolute Gasteiger partial charge is 0.453 e. The van der Waals surface area contributed by atoms with Gasteiger partial charge in [-0.3, -0.25) is 4.79 Å². The number of nitrogens with zero attached hydrogens (tertiary/aromatic N) is 2. The highest BCUT2D eigenvalue weighted by molar-refractivity contribution is 6.35. The van der Waals surface area contributed by atoms with Crippen molar-refractivity contribution in [1.29, 1.82) is 0 Å². The van der Waals surface area contributed by atoms with Gasteiger partial charge in [0.2, 0.25) is 0 Å². The van der Waals surface area contributed by atoms with Crippen LogP contribution in [0.3, 0.4) is 0 Å². The van der Waals surface area contributed by atoms with Crippen LogP contribution >= 0.6 is 23.2 Å². The summed E-state index contributed by atoms with van der Waals surface area (Å²) in [6.45, 7) is -0.317. The monoisotopic (exact) mass is 486 g/mol. The van der Waals surface area contributed by atoms with E-state index >= 15 is 0 Å². The smallest absolute Gasteiger partial charge is 0.274 e. The Morgan fingerprint density at radius 2 is 2.09 bits per heavy atom. The van der Waals surface area contributed by atoms with Crippen LogP contribution in [0, 0.1) is 0 Å². The maximum Gasteiger partial charge on any atom is 0.274 e. The molecule has 9 heteroatoms. The Kier molecular flexibility index (Phi) is 7.11. The van der Waals surface area contributed by atoms with Gasteiger partial charge in [0.25, 0.3) is 5.91 Å². The number of amides is 1. The van der Waals surface area contributed by atoms with Gasteiger partial charge in [0.1, 0.15) is 11.9 Å². The van der Waals surface area contributed by atoms with E-state index in [0.29, 0.717) is 16.7 Å². The fraction of sp³-hybridized carbons (Fsp3) is 0.208. The zero-order valence-corrected chi connectivity index (χ0v) is 19.0. The van der Waals surface area contributed by atoms with Gasteiger partial charge in [-0.15, -0.1) is 0 Å². The number of carbonyl (C=O) groups excluding carboxylic acids is 1. The number of ether oxygens (including phenoxy) is 1. The fourth-order valence-electron chi connectivity index (χ4n) is 3.30. The van der Waals surface area contributed by atoms with Crippen LogP contribution < -0.4 is 15.8 Å². The number of nitrogens with two attached hydrogens (primary N) is 1. The Morgan fingerprint density at radius 1 is 1.27 bits per heavy atom. The lowest BCUT2D eigenvalue weighted by Gasteiger charge is -2.14.